The van der Waals surface area contributed by atoms with Gasteiger partial charge in [-0.15, -0.1) is 5.10 Å². The van der Waals surface area contributed by atoms with Crippen LogP contribution in [0.15, 0.2) is 84.9 Å². The van der Waals surface area contributed by atoms with E-state index in [0.717, 1.165) is 16.8 Å². The zero-order chi connectivity index (χ0) is 22.1. The molecule has 0 saturated carbocycles. The van der Waals surface area contributed by atoms with E-state index in [1.807, 2.05) is 42.5 Å². The summed E-state index contributed by atoms with van der Waals surface area (Å²) < 4.78 is 1.74. The Bertz CT molecular complexity index is 1310. The third-order valence-electron chi connectivity index (χ3n) is 5.31. The summed E-state index contributed by atoms with van der Waals surface area (Å²) in [6.07, 6.45) is 2.07. The van der Waals surface area contributed by atoms with Crippen molar-refractivity contribution in [3.05, 3.63) is 112 Å². The number of benzene rings is 3. The Morgan fingerprint density at radius 3 is 2.47 bits per heavy atom. The fraction of sp³-hybridized carbons (Fsp3) is 0.0800. The number of hydrogen-bond acceptors (Lipinski definition) is 4. The van der Waals surface area contributed by atoms with Gasteiger partial charge in [0.15, 0.2) is 0 Å². The summed E-state index contributed by atoms with van der Waals surface area (Å²) >= 11 is 6.53. The molecule has 1 amide bonds. The highest BCUT2D eigenvalue weighted by Gasteiger charge is 2.27. The van der Waals surface area contributed by atoms with E-state index in [0.29, 0.717) is 16.5 Å². The monoisotopic (exact) mass is 441 g/mol. The van der Waals surface area contributed by atoms with Gasteiger partial charge in [0.2, 0.25) is 5.95 Å². The molecule has 32 heavy (non-hydrogen) atoms. The maximum Gasteiger partial charge on any atom is 0.258 e. The maximum absolute atomic E-state index is 12.6. The second-order valence-electron chi connectivity index (χ2n) is 7.56. The minimum absolute atomic E-state index is 0.219. The molecule has 1 aromatic heterocycles. The van der Waals surface area contributed by atoms with Crippen LogP contribution in [0.25, 0.3) is 5.70 Å². The number of nitrogens with one attached hydrogen (secondary N) is 2. The SMILES string of the molecule is Cc1ccc(C2=C[C@H](c3ccccc3Cl)n3nc(NC(=O)c4ccccc4)nc3N2)cc1. The molecule has 1 atom stereocenters. The molecule has 0 aliphatic carbocycles. The van der Waals surface area contributed by atoms with Crippen molar-refractivity contribution in [1.29, 1.82) is 0 Å². The van der Waals surface area contributed by atoms with Crippen LogP contribution in [-0.2, 0) is 0 Å². The van der Waals surface area contributed by atoms with Crippen molar-refractivity contribution >= 4 is 35.1 Å². The molecule has 158 valence electrons. The van der Waals surface area contributed by atoms with Crippen molar-refractivity contribution in [2.75, 3.05) is 10.6 Å². The number of carbonyl (C=O) groups excluding carboxylic acids is 1. The molecule has 0 saturated heterocycles. The lowest BCUT2D eigenvalue weighted by Crippen LogP contribution is -2.20. The van der Waals surface area contributed by atoms with Crippen LogP contribution in [0.5, 0.6) is 0 Å². The first kappa shape index (κ1) is 20.0. The van der Waals surface area contributed by atoms with Gasteiger partial charge in [-0.05, 0) is 42.3 Å². The van der Waals surface area contributed by atoms with Crippen LogP contribution < -0.4 is 10.6 Å². The molecular formula is C25H20ClN5O. The van der Waals surface area contributed by atoms with Gasteiger partial charge in [-0.25, -0.2) is 4.68 Å². The maximum atomic E-state index is 12.6. The predicted octanol–water partition coefficient (Wildman–Crippen LogP) is 5.55. The molecule has 0 fully saturated rings. The summed E-state index contributed by atoms with van der Waals surface area (Å²) in [6.45, 7) is 2.05. The molecule has 0 spiro atoms. The Morgan fingerprint density at radius 1 is 1.00 bits per heavy atom. The average Bonchev–Trinajstić information content (AvgIpc) is 3.22. The summed E-state index contributed by atoms with van der Waals surface area (Å²) in [5, 5.41) is 11.3. The third-order valence-corrected chi connectivity index (χ3v) is 5.66. The fourth-order valence-electron chi connectivity index (χ4n) is 3.65. The van der Waals surface area contributed by atoms with E-state index in [2.05, 4.69) is 58.0 Å². The second-order valence-corrected chi connectivity index (χ2v) is 7.97. The summed E-state index contributed by atoms with van der Waals surface area (Å²) in [4.78, 5) is 17.1. The number of allylic oxidation sites excluding steroid dienone is 1. The average molecular weight is 442 g/mol. The van der Waals surface area contributed by atoms with Crippen molar-refractivity contribution in [3.63, 3.8) is 0 Å². The summed E-state index contributed by atoms with van der Waals surface area (Å²) in [7, 11) is 0. The lowest BCUT2D eigenvalue weighted by molar-refractivity contribution is 0.102. The highest BCUT2D eigenvalue weighted by Crippen LogP contribution is 2.36. The molecule has 0 bridgehead atoms. The molecule has 2 heterocycles. The van der Waals surface area contributed by atoms with Gasteiger partial charge in [-0.3, -0.25) is 10.1 Å². The normalized spacial score (nSPS) is 14.8. The van der Waals surface area contributed by atoms with Crippen LogP contribution in [0.4, 0.5) is 11.9 Å². The van der Waals surface area contributed by atoms with Crippen LogP contribution in [0, 0.1) is 6.92 Å². The van der Waals surface area contributed by atoms with Crippen molar-refractivity contribution < 1.29 is 4.79 Å². The Kier molecular flexibility index (Phi) is 5.21. The van der Waals surface area contributed by atoms with Crippen molar-refractivity contribution in [3.8, 4) is 0 Å². The molecule has 7 heteroatoms. The number of carbonyl (C=O) groups is 1. The summed E-state index contributed by atoms with van der Waals surface area (Å²) in [6, 6.07) is 24.6. The van der Waals surface area contributed by atoms with Gasteiger partial charge in [0.1, 0.15) is 6.04 Å². The first-order chi connectivity index (χ1) is 15.6. The Hall–Kier alpha value is -3.90. The van der Waals surface area contributed by atoms with Crippen LogP contribution in [0.2, 0.25) is 5.02 Å². The van der Waals surface area contributed by atoms with Gasteiger partial charge < -0.3 is 5.32 Å². The van der Waals surface area contributed by atoms with Crippen molar-refractivity contribution in [2.24, 2.45) is 0 Å². The van der Waals surface area contributed by atoms with E-state index in [9.17, 15) is 4.79 Å². The van der Waals surface area contributed by atoms with Gasteiger partial charge in [0.05, 0.1) is 0 Å². The number of aryl methyl sites for hydroxylation is 1. The van der Waals surface area contributed by atoms with Gasteiger partial charge >= 0.3 is 0 Å². The minimum Gasteiger partial charge on any atom is -0.324 e. The fourth-order valence-corrected chi connectivity index (χ4v) is 3.89. The van der Waals surface area contributed by atoms with E-state index in [4.69, 9.17) is 11.6 Å². The van der Waals surface area contributed by atoms with E-state index >= 15 is 0 Å². The van der Waals surface area contributed by atoms with Crippen LogP contribution >= 0.6 is 11.6 Å². The van der Waals surface area contributed by atoms with Crippen LogP contribution in [0.3, 0.4) is 0 Å². The lowest BCUT2D eigenvalue weighted by atomic mass is 10.0. The molecule has 6 nitrogen and oxygen atoms in total. The molecule has 4 aromatic rings. The number of amides is 1. The van der Waals surface area contributed by atoms with E-state index < -0.39 is 0 Å². The molecule has 3 aromatic carbocycles. The Balaban J connectivity index is 1.53. The number of rotatable bonds is 4. The Labute approximate surface area is 190 Å². The first-order valence-electron chi connectivity index (χ1n) is 10.2. The summed E-state index contributed by atoms with van der Waals surface area (Å²) in [5.41, 5.74) is 4.54. The van der Waals surface area contributed by atoms with E-state index in [1.54, 1.807) is 16.8 Å². The van der Waals surface area contributed by atoms with Gasteiger partial charge in [-0.2, -0.15) is 4.98 Å². The quantitative estimate of drug-likeness (QED) is 0.435. The van der Waals surface area contributed by atoms with Crippen molar-refractivity contribution in [2.45, 2.75) is 13.0 Å². The number of nitrogens with zero attached hydrogens (tertiary/aromatic N) is 3. The number of halogens is 1. The zero-order valence-electron chi connectivity index (χ0n) is 17.3. The van der Waals surface area contributed by atoms with Gasteiger partial charge in [0, 0.05) is 16.3 Å². The second kappa shape index (κ2) is 8.32. The third kappa shape index (κ3) is 3.88. The van der Waals surface area contributed by atoms with Crippen molar-refractivity contribution in [1.82, 2.24) is 14.8 Å². The minimum atomic E-state index is -0.286. The van der Waals surface area contributed by atoms with Gasteiger partial charge in [0.25, 0.3) is 11.9 Å². The number of hydrogen-bond donors (Lipinski definition) is 2. The predicted molar refractivity (Wildman–Crippen MR) is 127 cm³/mol. The van der Waals surface area contributed by atoms with Crippen LogP contribution in [0.1, 0.15) is 33.1 Å². The number of aromatic nitrogens is 3. The highest BCUT2D eigenvalue weighted by molar-refractivity contribution is 6.31. The molecule has 0 unspecified atom stereocenters. The Morgan fingerprint density at radius 2 is 1.72 bits per heavy atom. The lowest BCUT2D eigenvalue weighted by Gasteiger charge is -2.25. The summed E-state index contributed by atoms with van der Waals surface area (Å²) in [5.74, 6) is 0.475. The largest absolute Gasteiger partial charge is 0.324 e. The number of fused-ring (bicyclic) bond motifs is 1. The van der Waals surface area contributed by atoms with Crippen LogP contribution in [-0.4, -0.2) is 20.7 Å². The zero-order valence-corrected chi connectivity index (χ0v) is 18.0. The van der Waals surface area contributed by atoms with Gasteiger partial charge in [-0.1, -0.05) is 77.8 Å². The smallest absolute Gasteiger partial charge is 0.258 e. The molecule has 1 aliphatic heterocycles. The van der Waals surface area contributed by atoms with E-state index in [1.165, 1.54) is 5.56 Å². The molecule has 0 radical (unpaired) electrons. The standard InChI is InChI=1S/C25H20ClN5O/c1-16-11-13-17(14-12-16)21-15-22(19-9-5-6-10-20(19)26)31-25(27-21)29-24(30-31)28-23(32)18-7-3-2-4-8-18/h2-15,22H,1H3,(H2,27,28,29,30,32)/t22-/m1/s1. The molecule has 2 N–H and O–H groups in total. The molecule has 1 aliphatic rings. The van der Waals surface area contributed by atoms with E-state index in [-0.39, 0.29) is 17.9 Å². The molecular weight excluding hydrogens is 422 g/mol. The first-order valence-corrected chi connectivity index (χ1v) is 10.6. The highest BCUT2D eigenvalue weighted by atomic mass is 35.5. The molecule has 5 rings (SSSR count). The number of anilines is 2. The topological polar surface area (TPSA) is 71.8 Å².